The normalized spacial score (nSPS) is 15.7. The van der Waals surface area contributed by atoms with Gasteiger partial charge in [0.2, 0.25) is 0 Å². The number of ether oxygens (including phenoxy) is 2. The van der Waals surface area contributed by atoms with Gasteiger partial charge < -0.3 is 14.4 Å². The number of hydrogen-bond donors (Lipinski definition) is 0. The van der Waals surface area contributed by atoms with E-state index in [4.69, 9.17) is 9.47 Å². The molecule has 0 amide bonds. The Balaban J connectivity index is 0.00000242. The Morgan fingerprint density at radius 3 is 2.13 bits per heavy atom. The van der Waals surface area contributed by atoms with E-state index in [0.717, 1.165) is 30.6 Å². The van der Waals surface area contributed by atoms with Crippen LogP contribution in [0.2, 0.25) is 0 Å². The fourth-order valence-electron chi connectivity index (χ4n) is 2.87. The van der Waals surface area contributed by atoms with Crippen molar-refractivity contribution in [3.05, 3.63) is 24.3 Å². The van der Waals surface area contributed by atoms with E-state index in [9.17, 15) is 0 Å². The highest BCUT2D eigenvalue weighted by Gasteiger charge is 2.19. The second kappa shape index (κ2) is 11.8. The molecule has 6 heteroatoms. The molecule has 0 unspecified atom stereocenters. The summed E-state index contributed by atoms with van der Waals surface area (Å²) in [6, 6.07) is 7.79. The Morgan fingerprint density at radius 1 is 1.04 bits per heavy atom. The Labute approximate surface area is 152 Å². The molecular formula is C17H30Cl2N2O2. The number of rotatable bonds is 7. The van der Waals surface area contributed by atoms with E-state index in [1.807, 2.05) is 24.3 Å². The number of benzene rings is 1. The van der Waals surface area contributed by atoms with Crippen molar-refractivity contribution in [1.29, 1.82) is 0 Å². The first kappa shape index (κ1) is 22.3. The van der Waals surface area contributed by atoms with Crippen LogP contribution in [0.15, 0.2) is 24.3 Å². The van der Waals surface area contributed by atoms with Gasteiger partial charge >= 0.3 is 0 Å². The standard InChI is InChI=1S/C17H28N2O2.2ClH/c1-18(2)14-15-8-10-19(11-9-15)12-13-21-17-6-4-16(20-3)5-7-17;;/h4-7,15H,8-14H2,1-3H3;2*1H. The SMILES string of the molecule is COc1ccc(OCCN2CCC(CN(C)C)CC2)cc1.Cl.Cl. The molecule has 1 aromatic carbocycles. The zero-order chi connectivity index (χ0) is 15.1. The minimum absolute atomic E-state index is 0. The third-order valence-electron chi connectivity index (χ3n) is 4.07. The first-order chi connectivity index (χ1) is 10.2. The fourth-order valence-corrected chi connectivity index (χ4v) is 2.87. The molecule has 0 atom stereocenters. The molecule has 0 aromatic heterocycles. The van der Waals surface area contributed by atoms with Gasteiger partial charge in [0, 0.05) is 13.1 Å². The van der Waals surface area contributed by atoms with Gasteiger partial charge in [0.25, 0.3) is 0 Å². The van der Waals surface area contributed by atoms with Crippen LogP contribution < -0.4 is 9.47 Å². The lowest BCUT2D eigenvalue weighted by Gasteiger charge is -2.33. The predicted molar refractivity (Wildman–Crippen MR) is 101 cm³/mol. The van der Waals surface area contributed by atoms with Crippen molar-refractivity contribution in [2.24, 2.45) is 5.92 Å². The first-order valence-electron chi connectivity index (χ1n) is 7.81. The van der Waals surface area contributed by atoms with E-state index in [-0.39, 0.29) is 24.8 Å². The molecule has 1 aliphatic rings. The van der Waals surface area contributed by atoms with Gasteiger partial charge in [-0.3, -0.25) is 4.90 Å². The summed E-state index contributed by atoms with van der Waals surface area (Å²) in [5.74, 6) is 2.64. The smallest absolute Gasteiger partial charge is 0.119 e. The molecule has 134 valence electrons. The van der Waals surface area contributed by atoms with Gasteiger partial charge in [-0.15, -0.1) is 24.8 Å². The van der Waals surface area contributed by atoms with Crippen molar-refractivity contribution >= 4 is 24.8 Å². The maximum atomic E-state index is 5.79. The van der Waals surface area contributed by atoms with Crippen LogP contribution in [0.4, 0.5) is 0 Å². The van der Waals surface area contributed by atoms with E-state index < -0.39 is 0 Å². The van der Waals surface area contributed by atoms with Gasteiger partial charge in [-0.2, -0.15) is 0 Å². The topological polar surface area (TPSA) is 24.9 Å². The minimum Gasteiger partial charge on any atom is -0.497 e. The number of nitrogens with zero attached hydrogens (tertiary/aromatic N) is 2. The molecule has 0 N–H and O–H groups in total. The summed E-state index contributed by atoms with van der Waals surface area (Å²) in [4.78, 5) is 4.81. The number of hydrogen-bond acceptors (Lipinski definition) is 4. The lowest BCUT2D eigenvalue weighted by atomic mass is 9.96. The number of piperidine rings is 1. The lowest BCUT2D eigenvalue weighted by Crippen LogP contribution is -2.39. The van der Waals surface area contributed by atoms with Crippen LogP contribution in [-0.2, 0) is 0 Å². The highest BCUT2D eigenvalue weighted by atomic mass is 35.5. The fraction of sp³-hybridized carbons (Fsp3) is 0.647. The molecule has 1 aliphatic heterocycles. The summed E-state index contributed by atoms with van der Waals surface area (Å²) in [6.07, 6.45) is 2.61. The van der Waals surface area contributed by atoms with Crippen molar-refractivity contribution in [3.63, 3.8) is 0 Å². The van der Waals surface area contributed by atoms with Crippen molar-refractivity contribution < 1.29 is 9.47 Å². The summed E-state index contributed by atoms with van der Waals surface area (Å²) in [5.41, 5.74) is 0. The quantitative estimate of drug-likeness (QED) is 0.741. The summed E-state index contributed by atoms with van der Waals surface area (Å²) in [6.45, 7) is 5.39. The average molecular weight is 365 g/mol. The molecule has 0 saturated carbocycles. The zero-order valence-electron chi connectivity index (χ0n) is 14.4. The highest BCUT2D eigenvalue weighted by molar-refractivity contribution is 5.85. The molecule has 1 aromatic rings. The van der Waals surface area contributed by atoms with E-state index in [2.05, 4.69) is 23.9 Å². The number of methoxy groups -OCH3 is 1. The van der Waals surface area contributed by atoms with E-state index in [1.54, 1.807) is 7.11 Å². The number of likely N-dealkylation sites (tertiary alicyclic amines) is 1. The van der Waals surface area contributed by atoms with Crippen molar-refractivity contribution in [2.45, 2.75) is 12.8 Å². The molecular weight excluding hydrogens is 335 g/mol. The summed E-state index contributed by atoms with van der Waals surface area (Å²) >= 11 is 0. The Hall–Kier alpha value is -0.680. The molecule has 0 bridgehead atoms. The molecule has 1 heterocycles. The summed E-state index contributed by atoms with van der Waals surface area (Å²) in [5, 5.41) is 0. The molecule has 0 radical (unpaired) electrons. The maximum absolute atomic E-state index is 5.79. The third kappa shape index (κ3) is 8.11. The second-order valence-corrected chi connectivity index (χ2v) is 6.07. The zero-order valence-corrected chi connectivity index (χ0v) is 16.0. The van der Waals surface area contributed by atoms with E-state index in [0.29, 0.717) is 0 Å². The van der Waals surface area contributed by atoms with E-state index in [1.165, 1.54) is 32.5 Å². The molecule has 4 nitrogen and oxygen atoms in total. The van der Waals surface area contributed by atoms with Crippen LogP contribution in [0.3, 0.4) is 0 Å². The van der Waals surface area contributed by atoms with Crippen LogP contribution in [-0.4, -0.2) is 63.8 Å². The van der Waals surface area contributed by atoms with Gasteiger partial charge in [0.1, 0.15) is 18.1 Å². The van der Waals surface area contributed by atoms with Crippen LogP contribution in [0.5, 0.6) is 11.5 Å². The van der Waals surface area contributed by atoms with Gasteiger partial charge in [-0.05, 0) is 70.2 Å². The molecule has 23 heavy (non-hydrogen) atoms. The molecule has 1 saturated heterocycles. The van der Waals surface area contributed by atoms with Crippen LogP contribution in [0.25, 0.3) is 0 Å². The number of halogens is 2. The van der Waals surface area contributed by atoms with Gasteiger partial charge in [0.15, 0.2) is 0 Å². The van der Waals surface area contributed by atoms with E-state index >= 15 is 0 Å². The minimum atomic E-state index is 0. The third-order valence-corrected chi connectivity index (χ3v) is 4.07. The van der Waals surface area contributed by atoms with Crippen molar-refractivity contribution in [3.8, 4) is 11.5 Å². The molecule has 2 rings (SSSR count). The van der Waals surface area contributed by atoms with Gasteiger partial charge in [-0.25, -0.2) is 0 Å². The monoisotopic (exact) mass is 364 g/mol. The largest absolute Gasteiger partial charge is 0.497 e. The second-order valence-electron chi connectivity index (χ2n) is 6.07. The molecule has 1 fully saturated rings. The maximum Gasteiger partial charge on any atom is 0.119 e. The Morgan fingerprint density at radius 2 is 1.61 bits per heavy atom. The van der Waals surface area contributed by atoms with Crippen LogP contribution in [0, 0.1) is 5.92 Å². The first-order valence-corrected chi connectivity index (χ1v) is 7.81. The lowest BCUT2D eigenvalue weighted by molar-refractivity contribution is 0.141. The molecule has 0 aliphatic carbocycles. The van der Waals surface area contributed by atoms with Gasteiger partial charge in [0.05, 0.1) is 7.11 Å². The van der Waals surface area contributed by atoms with Crippen LogP contribution >= 0.6 is 24.8 Å². The Bertz CT molecular complexity index is 408. The van der Waals surface area contributed by atoms with Crippen molar-refractivity contribution in [1.82, 2.24) is 9.80 Å². The molecule has 0 spiro atoms. The summed E-state index contributed by atoms with van der Waals surface area (Å²) in [7, 11) is 6.00. The van der Waals surface area contributed by atoms with Crippen molar-refractivity contribution in [2.75, 3.05) is 54.0 Å². The summed E-state index contributed by atoms with van der Waals surface area (Å²) < 4.78 is 10.9. The van der Waals surface area contributed by atoms with Crippen LogP contribution in [0.1, 0.15) is 12.8 Å². The average Bonchev–Trinajstić information content (AvgIpc) is 2.49. The predicted octanol–water partition coefficient (Wildman–Crippen LogP) is 3.19. The van der Waals surface area contributed by atoms with Gasteiger partial charge in [-0.1, -0.05) is 0 Å². The Kier molecular flexibility index (Phi) is 11.4. The highest BCUT2D eigenvalue weighted by Crippen LogP contribution is 2.19.